The average Bonchev–Trinajstić information content (AvgIpc) is 3.09. The molecular weight excluding hydrogens is 202 g/mol. The molecule has 94 valence electrons. The average molecular weight is 227 g/mol. The molecule has 1 unspecified atom stereocenters. The van der Waals surface area contributed by atoms with Crippen molar-refractivity contribution in [2.24, 2.45) is 11.7 Å². The van der Waals surface area contributed by atoms with E-state index in [-0.39, 0.29) is 11.9 Å². The molecule has 0 aromatic carbocycles. The molecule has 0 saturated heterocycles. The molecule has 1 fully saturated rings. The molecule has 4 heteroatoms. The number of rotatable bonds is 9. The maximum atomic E-state index is 11.5. The van der Waals surface area contributed by atoms with Gasteiger partial charge in [-0.1, -0.05) is 19.8 Å². The van der Waals surface area contributed by atoms with Crippen LogP contribution in [0.5, 0.6) is 0 Å². The Hall–Kier alpha value is -0.610. The molecule has 0 heterocycles. The van der Waals surface area contributed by atoms with Gasteiger partial charge in [-0.25, -0.2) is 0 Å². The molecule has 1 aliphatic carbocycles. The summed E-state index contributed by atoms with van der Waals surface area (Å²) in [6.07, 6.45) is 5.47. The van der Waals surface area contributed by atoms with Crippen molar-refractivity contribution in [3.63, 3.8) is 0 Å². The van der Waals surface area contributed by atoms with Gasteiger partial charge in [-0.3, -0.25) is 4.79 Å². The Morgan fingerprint density at radius 1 is 1.44 bits per heavy atom. The van der Waals surface area contributed by atoms with E-state index < -0.39 is 0 Å². The third kappa shape index (κ3) is 6.08. The van der Waals surface area contributed by atoms with Crippen molar-refractivity contribution < 1.29 is 4.79 Å². The summed E-state index contributed by atoms with van der Waals surface area (Å²) in [7, 11) is 0. The van der Waals surface area contributed by atoms with Crippen molar-refractivity contribution in [3.8, 4) is 0 Å². The fourth-order valence-corrected chi connectivity index (χ4v) is 1.70. The van der Waals surface area contributed by atoms with Gasteiger partial charge < -0.3 is 16.4 Å². The van der Waals surface area contributed by atoms with Crippen molar-refractivity contribution in [2.75, 3.05) is 19.6 Å². The van der Waals surface area contributed by atoms with E-state index in [1.54, 1.807) is 0 Å². The molecule has 1 rings (SSSR count). The molecule has 1 saturated carbocycles. The summed E-state index contributed by atoms with van der Waals surface area (Å²) in [5, 5.41) is 6.24. The zero-order valence-electron chi connectivity index (χ0n) is 10.3. The largest absolute Gasteiger partial charge is 0.356 e. The highest BCUT2D eigenvalue weighted by Crippen LogP contribution is 2.31. The van der Waals surface area contributed by atoms with Crippen LogP contribution < -0.4 is 16.4 Å². The summed E-state index contributed by atoms with van der Waals surface area (Å²) in [5.74, 6) is 1.04. The van der Waals surface area contributed by atoms with Crippen molar-refractivity contribution in [2.45, 2.75) is 45.1 Å². The first kappa shape index (κ1) is 13.5. The first-order chi connectivity index (χ1) is 7.76. The molecule has 0 aromatic heterocycles. The maximum absolute atomic E-state index is 11.5. The monoisotopic (exact) mass is 227 g/mol. The lowest BCUT2D eigenvalue weighted by atomic mass is 10.2. The van der Waals surface area contributed by atoms with Crippen LogP contribution in [0.3, 0.4) is 0 Å². The van der Waals surface area contributed by atoms with Crippen molar-refractivity contribution in [1.29, 1.82) is 0 Å². The molecule has 0 bridgehead atoms. The summed E-state index contributed by atoms with van der Waals surface area (Å²) >= 11 is 0. The second-order valence-electron chi connectivity index (χ2n) is 4.67. The van der Waals surface area contributed by atoms with Crippen LogP contribution in [0.15, 0.2) is 0 Å². The zero-order valence-corrected chi connectivity index (χ0v) is 10.3. The van der Waals surface area contributed by atoms with Crippen LogP contribution in [-0.2, 0) is 4.79 Å². The van der Waals surface area contributed by atoms with Crippen LogP contribution in [0.25, 0.3) is 0 Å². The number of amides is 1. The van der Waals surface area contributed by atoms with Crippen LogP contribution >= 0.6 is 0 Å². The topological polar surface area (TPSA) is 67.2 Å². The smallest absolute Gasteiger partial charge is 0.221 e. The van der Waals surface area contributed by atoms with E-state index in [1.807, 2.05) is 0 Å². The predicted molar refractivity (Wildman–Crippen MR) is 66.1 cm³/mol. The van der Waals surface area contributed by atoms with Crippen molar-refractivity contribution >= 4 is 5.91 Å². The van der Waals surface area contributed by atoms with E-state index in [9.17, 15) is 4.79 Å². The fraction of sp³-hybridized carbons (Fsp3) is 0.917. The molecule has 0 radical (unpaired) electrons. The molecule has 1 atom stereocenters. The van der Waals surface area contributed by atoms with E-state index in [2.05, 4.69) is 17.6 Å². The Kier molecular flexibility index (Phi) is 6.42. The summed E-state index contributed by atoms with van der Waals surface area (Å²) in [6.45, 7) is 4.34. The number of nitrogens with one attached hydrogen (secondary N) is 2. The van der Waals surface area contributed by atoms with Gasteiger partial charge in [-0.2, -0.15) is 0 Å². The highest BCUT2D eigenvalue weighted by Gasteiger charge is 2.21. The minimum absolute atomic E-state index is 0.108. The minimum atomic E-state index is 0.108. The third-order valence-corrected chi connectivity index (χ3v) is 2.97. The lowest BCUT2D eigenvalue weighted by Crippen LogP contribution is -2.41. The van der Waals surface area contributed by atoms with Crippen LogP contribution in [-0.4, -0.2) is 31.6 Å². The van der Waals surface area contributed by atoms with Gasteiger partial charge in [0.25, 0.3) is 0 Å². The number of carbonyl (C=O) groups is 1. The summed E-state index contributed by atoms with van der Waals surface area (Å²) in [6, 6.07) is 0.135. The Morgan fingerprint density at radius 3 is 2.75 bits per heavy atom. The fourth-order valence-electron chi connectivity index (χ4n) is 1.70. The molecule has 0 aliphatic heterocycles. The first-order valence-corrected chi connectivity index (χ1v) is 6.46. The predicted octanol–water partition coefficient (Wildman–Crippen LogP) is 0.620. The Bertz CT molecular complexity index is 204. The lowest BCUT2D eigenvalue weighted by Gasteiger charge is -2.16. The number of nitrogens with two attached hydrogens (primary N) is 1. The normalized spacial score (nSPS) is 17.1. The van der Waals surface area contributed by atoms with E-state index in [0.29, 0.717) is 13.0 Å². The zero-order chi connectivity index (χ0) is 11.8. The van der Waals surface area contributed by atoms with Crippen molar-refractivity contribution in [1.82, 2.24) is 10.6 Å². The van der Waals surface area contributed by atoms with Gasteiger partial charge in [0.15, 0.2) is 0 Å². The van der Waals surface area contributed by atoms with Crippen LogP contribution in [0, 0.1) is 5.92 Å². The highest BCUT2D eigenvalue weighted by molar-refractivity contribution is 5.76. The van der Waals surface area contributed by atoms with E-state index in [4.69, 9.17) is 5.73 Å². The Balaban J connectivity index is 2.06. The van der Waals surface area contributed by atoms with E-state index in [0.717, 1.165) is 25.4 Å². The number of carbonyl (C=O) groups excluding carboxylic acids is 1. The van der Waals surface area contributed by atoms with Gasteiger partial charge in [0.2, 0.25) is 5.91 Å². The van der Waals surface area contributed by atoms with Crippen LogP contribution in [0.4, 0.5) is 0 Å². The lowest BCUT2D eigenvalue weighted by molar-refractivity contribution is -0.121. The number of hydrogen-bond donors (Lipinski definition) is 3. The van der Waals surface area contributed by atoms with Gasteiger partial charge in [-0.15, -0.1) is 0 Å². The molecular formula is C12H25N3O. The molecule has 0 spiro atoms. The van der Waals surface area contributed by atoms with Crippen LogP contribution in [0.1, 0.15) is 39.0 Å². The van der Waals surface area contributed by atoms with Gasteiger partial charge in [0.05, 0.1) is 0 Å². The first-order valence-electron chi connectivity index (χ1n) is 6.46. The standard InChI is InChI=1S/C12H25N3O/c1-2-6-15-12(16)8-11(9-13)14-7-5-10-3-4-10/h10-11,14H,2-9,13H2,1H3,(H,15,16). The highest BCUT2D eigenvalue weighted by atomic mass is 16.1. The second-order valence-corrected chi connectivity index (χ2v) is 4.67. The SMILES string of the molecule is CCCNC(=O)CC(CN)NCCC1CC1. The molecule has 1 aliphatic rings. The van der Waals surface area contributed by atoms with E-state index in [1.165, 1.54) is 19.3 Å². The quantitative estimate of drug-likeness (QED) is 0.541. The maximum Gasteiger partial charge on any atom is 0.221 e. The van der Waals surface area contributed by atoms with Gasteiger partial charge >= 0.3 is 0 Å². The third-order valence-electron chi connectivity index (χ3n) is 2.97. The van der Waals surface area contributed by atoms with Crippen molar-refractivity contribution in [3.05, 3.63) is 0 Å². The second kappa shape index (κ2) is 7.63. The molecule has 4 nitrogen and oxygen atoms in total. The summed E-state index contributed by atoms with van der Waals surface area (Å²) in [5.41, 5.74) is 5.64. The minimum Gasteiger partial charge on any atom is -0.356 e. The summed E-state index contributed by atoms with van der Waals surface area (Å²) in [4.78, 5) is 11.5. The Labute approximate surface area is 98.3 Å². The number of hydrogen-bond acceptors (Lipinski definition) is 3. The van der Waals surface area contributed by atoms with Crippen LogP contribution in [0.2, 0.25) is 0 Å². The van der Waals surface area contributed by atoms with E-state index >= 15 is 0 Å². The summed E-state index contributed by atoms with van der Waals surface area (Å²) < 4.78 is 0. The molecule has 16 heavy (non-hydrogen) atoms. The molecule has 1 amide bonds. The Morgan fingerprint density at radius 2 is 2.19 bits per heavy atom. The molecule has 4 N–H and O–H groups in total. The van der Waals surface area contributed by atoms with Gasteiger partial charge in [-0.05, 0) is 25.3 Å². The van der Waals surface area contributed by atoms with Gasteiger partial charge in [0, 0.05) is 25.6 Å². The van der Waals surface area contributed by atoms with Gasteiger partial charge in [0.1, 0.15) is 0 Å². The molecule has 0 aromatic rings.